The third kappa shape index (κ3) is 3.09. The number of anilines is 1. The summed E-state index contributed by atoms with van der Waals surface area (Å²) in [5.74, 6) is 0.229. The van der Waals surface area contributed by atoms with E-state index in [1.807, 2.05) is 0 Å². The molecule has 22 heavy (non-hydrogen) atoms. The van der Waals surface area contributed by atoms with Crippen molar-refractivity contribution in [3.8, 4) is 0 Å². The van der Waals surface area contributed by atoms with Gasteiger partial charge in [0.15, 0.2) is 17.7 Å². The highest BCUT2D eigenvalue weighted by Crippen LogP contribution is 2.47. The fourth-order valence-corrected chi connectivity index (χ4v) is 2.88. The summed E-state index contributed by atoms with van der Waals surface area (Å²) < 4.78 is 22.9. The number of aliphatic hydroxyl groups excluding tert-OH is 1. The monoisotopic (exact) mass is 347 g/mol. The van der Waals surface area contributed by atoms with Gasteiger partial charge in [-0.2, -0.15) is 0 Å². The van der Waals surface area contributed by atoms with Crippen molar-refractivity contribution in [1.82, 2.24) is 19.5 Å². The van der Waals surface area contributed by atoms with Crippen LogP contribution < -0.4 is 5.73 Å². The second-order valence-corrected chi connectivity index (χ2v) is 7.58. The Morgan fingerprint density at radius 1 is 1.55 bits per heavy atom. The van der Waals surface area contributed by atoms with Crippen molar-refractivity contribution in [3.63, 3.8) is 0 Å². The maximum Gasteiger partial charge on any atom is 0.383 e. The van der Waals surface area contributed by atoms with Crippen molar-refractivity contribution in [2.24, 2.45) is 0 Å². The van der Waals surface area contributed by atoms with Gasteiger partial charge in [-0.1, -0.05) is 12.2 Å². The molecule has 1 saturated heterocycles. The van der Waals surface area contributed by atoms with Crippen LogP contribution in [0, 0.1) is 0 Å². The Hall–Kier alpha value is -1.23. The zero-order valence-electron chi connectivity index (χ0n) is 11.2. The number of fused-ring (bicyclic) bond motifs is 1. The lowest BCUT2D eigenvalue weighted by molar-refractivity contribution is -0.0461. The molecule has 2 unspecified atom stereocenters. The van der Waals surface area contributed by atoms with Gasteiger partial charge in [0, 0.05) is 6.42 Å². The average molecular weight is 347 g/mol. The van der Waals surface area contributed by atoms with Crippen molar-refractivity contribution in [2.45, 2.75) is 24.9 Å². The molecule has 120 valence electrons. The van der Waals surface area contributed by atoms with E-state index in [2.05, 4.69) is 27.2 Å². The highest BCUT2D eigenvalue weighted by molar-refractivity contribution is 8.44. The van der Waals surface area contributed by atoms with Crippen LogP contribution in [-0.2, 0) is 13.8 Å². The van der Waals surface area contributed by atoms with Crippen molar-refractivity contribution in [1.29, 1.82) is 0 Å². The molecule has 0 aliphatic carbocycles. The molecule has 3 heterocycles. The number of hydrogen-bond acceptors (Lipinski definition) is 8. The zero-order chi connectivity index (χ0) is 15.9. The summed E-state index contributed by atoms with van der Waals surface area (Å²) in [6, 6.07) is 0. The molecule has 1 fully saturated rings. The largest absolute Gasteiger partial charge is 0.388 e. The topological polar surface area (TPSA) is 146 Å². The van der Waals surface area contributed by atoms with Gasteiger partial charge < -0.3 is 20.5 Å². The van der Waals surface area contributed by atoms with Gasteiger partial charge in [-0.05, 0) is 0 Å². The van der Waals surface area contributed by atoms with Crippen LogP contribution in [0.1, 0.15) is 12.6 Å². The fraction of sp³-hybridized carbons (Fsp3) is 0.500. The van der Waals surface area contributed by atoms with Crippen molar-refractivity contribution >= 4 is 36.0 Å². The molecule has 4 N–H and O–H groups in total. The number of rotatable bonds is 4. The SMILES string of the molecule is Nc1ncnc2c1ncn2[C@@H]1OC(COP(=O)(O)S)C[C@H]1O. The minimum atomic E-state index is -3.89. The lowest BCUT2D eigenvalue weighted by Crippen LogP contribution is -2.19. The van der Waals surface area contributed by atoms with E-state index in [0.29, 0.717) is 11.2 Å². The number of thiol groups is 1. The molecule has 1 aliphatic rings. The number of imidazole rings is 1. The van der Waals surface area contributed by atoms with Crippen LogP contribution in [0.3, 0.4) is 0 Å². The van der Waals surface area contributed by atoms with Crippen molar-refractivity contribution in [3.05, 3.63) is 12.7 Å². The lowest BCUT2D eigenvalue weighted by atomic mass is 10.2. The number of aliphatic hydroxyl groups is 1. The Morgan fingerprint density at radius 2 is 2.32 bits per heavy atom. The highest BCUT2D eigenvalue weighted by atomic mass is 32.7. The summed E-state index contributed by atoms with van der Waals surface area (Å²) in [6.45, 7) is -4.05. The number of ether oxygens (including phenoxy) is 1. The van der Waals surface area contributed by atoms with Crippen LogP contribution in [0.4, 0.5) is 5.82 Å². The molecule has 0 amide bonds. The summed E-state index contributed by atoms with van der Waals surface area (Å²) in [5, 5.41) is 10.1. The molecule has 0 spiro atoms. The molecular weight excluding hydrogens is 333 g/mol. The predicted octanol–water partition coefficient (Wildman–Crippen LogP) is 0.104. The van der Waals surface area contributed by atoms with Gasteiger partial charge in [0.2, 0.25) is 0 Å². The standard InChI is InChI=1S/C10H14N5O5PS/c11-8-7-9(13-3-12-8)15(4-14-7)10-6(16)1-5(20-10)2-19-21(17,18)22/h3-6,10,16H,1-2H2,(H2,11,12,13)(H2,17,18,22)/t5?,6-,10-/m1/s1. The molecule has 0 saturated carbocycles. The summed E-state index contributed by atoms with van der Waals surface area (Å²) in [6.07, 6.45) is 0.831. The Kier molecular flexibility index (Phi) is 4.10. The minimum Gasteiger partial charge on any atom is -0.388 e. The van der Waals surface area contributed by atoms with Crippen LogP contribution in [0.15, 0.2) is 12.7 Å². The van der Waals surface area contributed by atoms with Crippen LogP contribution in [0.25, 0.3) is 11.2 Å². The van der Waals surface area contributed by atoms with Crippen molar-refractivity contribution < 1.29 is 23.8 Å². The van der Waals surface area contributed by atoms with E-state index in [0.717, 1.165) is 0 Å². The molecule has 2 aromatic heterocycles. The smallest absolute Gasteiger partial charge is 0.383 e. The molecule has 12 heteroatoms. The number of nitrogen functional groups attached to an aromatic ring is 1. The van der Waals surface area contributed by atoms with E-state index >= 15 is 0 Å². The molecule has 0 aromatic carbocycles. The molecule has 0 radical (unpaired) electrons. The predicted molar refractivity (Wildman–Crippen MR) is 79.0 cm³/mol. The van der Waals surface area contributed by atoms with Gasteiger partial charge >= 0.3 is 6.80 Å². The number of nitrogens with two attached hydrogens (primary N) is 1. The van der Waals surface area contributed by atoms with Gasteiger partial charge in [0.1, 0.15) is 17.9 Å². The van der Waals surface area contributed by atoms with E-state index in [1.165, 1.54) is 17.2 Å². The number of nitrogens with zero attached hydrogens (tertiary/aromatic N) is 4. The van der Waals surface area contributed by atoms with Gasteiger partial charge in [-0.25, -0.2) is 19.5 Å². The molecule has 2 aromatic rings. The second kappa shape index (κ2) is 5.76. The third-order valence-electron chi connectivity index (χ3n) is 3.26. The minimum absolute atomic E-state index is 0.158. The third-order valence-corrected chi connectivity index (χ3v) is 4.09. The van der Waals surface area contributed by atoms with Gasteiger partial charge in [-0.15, -0.1) is 0 Å². The first-order valence-corrected chi connectivity index (χ1v) is 9.05. The Bertz CT molecular complexity index is 736. The number of hydrogen-bond donors (Lipinski definition) is 4. The normalized spacial score (nSPS) is 28.0. The molecule has 10 nitrogen and oxygen atoms in total. The molecular formula is C10H14N5O5PS. The van der Waals surface area contributed by atoms with E-state index in [4.69, 9.17) is 19.9 Å². The maximum absolute atomic E-state index is 11.0. The molecule has 0 bridgehead atoms. The Balaban J connectivity index is 1.80. The van der Waals surface area contributed by atoms with Crippen LogP contribution in [-0.4, -0.2) is 48.3 Å². The summed E-state index contributed by atoms with van der Waals surface area (Å²) in [7, 11) is 0. The fourth-order valence-electron chi connectivity index (χ4n) is 2.32. The maximum atomic E-state index is 11.0. The van der Waals surface area contributed by atoms with E-state index in [1.54, 1.807) is 0 Å². The van der Waals surface area contributed by atoms with Gasteiger partial charge in [-0.3, -0.25) is 9.09 Å². The summed E-state index contributed by atoms with van der Waals surface area (Å²) in [5.41, 5.74) is 6.55. The van der Waals surface area contributed by atoms with Crippen LogP contribution in [0.5, 0.6) is 0 Å². The lowest BCUT2D eigenvalue weighted by Gasteiger charge is -2.17. The zero-order valence-corrected chi connectivity index (χ0v) is 13.0. The van der Waals surface area contributed by atoms with Crippen molar-refractivity contribution in [2.75, 3.05) is 12.3 Å². The highest BCUT2D eigenvalue weighted by Gasteiger charge is 2.37. The average Bonchev–Trinajstić information content (AvgIpc) is 3.00. The molecule has 3 rings (SSSR count). The van der Waals surface area contributed by atoms with Crippen LogP contribution in [0.2, 0.25) is 0 Å². The molecule has 1 aliphatic heterocycles. The second-order valence-electron chi connectivity index (χ2n) is 4.82. The van der Waals surface area contributed by atoms with E-state index in [9.17, 15) is 9.67 Å². The quantitative estimate of drug-likeness (QED) is 0.447. The van der Waals surface area contributed by atoms with E-state index < -0.39 is 25.2 Å². The molecule has 4 atom stereocenters. The first-order chi connectivity index (χ1) is 10.3. The Morgan fingerprint density at radius 3 is 3.05 bits per heavy atom. The first-order valence-electron chi connectivity index (χ1n) is 6.32. The summed E-state index contributed by atoms with van der Waals surface area (Å²) in [4.78, 5) is 21.0. The van der Waals surface area contributed by atoms with Gasteiger partial charge in [0.05, 0.1) is 19.0 Å². The number of aromatic nitrogens is 4. The Labute approximate surface area is 130 Å². The first kappa shape index (κ1) is 15.7. The van der Waals surface area contributed by atoms with E-state index in [-0.39, 0.29) is 18.8 Å². The summed E-state index contributed by atoms with van der Waals surface area (Å²) >= 11 is 3.42. The van der Waals surface area contributed by atoms with Crippen LogP contribution >= 0.6 is 19.0 Å². The van der Waals surface area contributed by atoms with Gasteiger partial charge in [0.25, 0.3) is 0 Å².